The van der Waals surface area contributed by atoms with Gasteiger partial charge in [0.25, 0.3) is 0 Å². The Morgan fingerprint density at radius 1 is 0.745 bits per heavy atom. The molecule has 2 aliphatic carbocycles. The fraction of sp³-hybridized carbons (Fsp3) is 0.578. The van der Waals surface area contributed by atoms with Crippen LogP contribution in [-0.2, 0) is 27.3 Å². The predicted octanol–water partition coefficient (Wildman–Crippen LogP) is 7.04. The molecule has 0 spiro atoms. The number of aryl methyl sites for hydroxylation is 2. The van der Waals surface area contributed by atoms with E-state index in [0.717, 1.165) is 85.1 Å². The number of hydrogen-bond donors (Lipinski definition) is 0. The molecule has 10 heteroatoms. The number of hydroxylamine groups is 2. The van der Waals surface area contributed by atoms with Crippen molar-refractivity contribution in [3.05, 3.63) is 77.2 Å². The van der Waals surface area contributed by atoms with Gasteiger partial charge in [-0.25, -0.2) is 9.18 Å². The molecule has 2 aromatic carbocycles. The van der Waals surface area contributed by atoms with E-state index < -0.39 is 25.9 Å². The third-order valence-corrected chi connectivity index (χ3v) is 10.5. The van der Waals surface area contributed by atoms with Crippen LogP contribution in [0, 0.1) is 19.2 Å². The Kier molecular flexibility index (Phi) is 20.5. The minimum Gasteiger partial charge on any atom is -1.00 e. The fourth-order valence-corrected chi connectivity index (χ4v) is 7.49. The second-order valence-electron chi connectivity index (χ2n) is 14.1. The Labute approximate surface area is 375 Å². The molecule has 0 aromatic heterocycles. The van der Waals surface area contributed by atoms with E-state index in [2.05, 4.69) is 39.0 Å². The molecule has 2 aromatic rings. The average Bonchev–Trinajstić information content (AvgIpc) is 3.20. The van der Waals surface area contributed by atoms with E-state index in [4.69, 9.17) is 32.0 Å². The summed E-state index contributed by atoms with van der Waals surface area (Å²) in [4.78, 5) is 30.8. The third-order valence-electron chi connectivity index (χ3n) is 10.5. The van der Waals surface area contributed by atoms with Gasteiger partial charge in [-0.15, -0.1) is 0 Å². The number of methoxy groups -OCH3 is 4. The molecule has 0 unspecified atom stereocenters. The standard InChI is InChI=1S/C23H35NO4.C21H30O3.CH3.HI.Mg/c1-7-8-9-10-17-14-20(26-4)22(21(15-17)27-5)19-13-16(2)11-12-18(19)23(25)24(3)28-6;1-6-7-8-16-12-19(23-4)21(20(13-16)24-5)18-11-14(2)9-10-17(18)15(3)22;;;/h13-15,18-19H,7-12H2,1-6H3;11-13,17-18H,6-10H2,1-5H3;1H3;1H;/q;;-1;;+2/p-1/t18-,19-;17-,18+;;;/m10.../s1/i;3D3;1D3;;. The van der Waals surface area contributed by atoms with Crippen molar-refractivity contribution in [3.8, 4) is 23.0 Å². The van der Waals surface area contributed by atoms with Gasteiger partial charge in [0.05, 0.1) is 41.5 Å². The molecule has 2 aliphatic rings. The molecule has 0 saturated carbocycles. The van der Waals surface area contributed by atoms with E-state index in [-0.39, 0.29) is 70.7 Å². The Hall–Kier alpha value is -2.28. The first kappa shape index (κ1) is 42.3. The number of carbonyl (C=O) groups is 2. The molecule has 4 atom stereocenters. The van der Waals surface area contributed by atoms with Crippen LogP contribution in [0.5, 0.6) is 23.0 Å². The van der Waals surface area contributed by atoms with Crippen LogP contribution in [0.1, 0.15) is 135 Å². The molecule has 0 aliphatic heterocycles. The second kappa shape index (κ2) is 26.6. The second-order valence-corrected chi connectivity index (χ2v) is 14.1. The number of unbranched alkanes of at least 4 members (excludes halogenated alkanes) is 3. The maximum atomic E-state index is 13.0. The van der Waals surface area contributed by atoms with Gasteiger partial charge in [-0.05, 0) is 107 Å². The molecule has 1 amide bonds. The summed E-state index contributed by atoms with van der Waals surface area (Å²) in [5, 5.41) is 1.32. The Bertz CT molecular complexity index is 1670. The van der Waals surface area contributed by atoms with Crippen molar-refractivity contribution in [2.45, 2.75) is 117 Å². The molecule has 4 rings (SSSR count). The third kappa shape index (κ3) is 14.2. The first-order valence-electron chi connectivity index (χ1n) is 21.9. The first-order chi connectivity index (χ1) is 27.9. The van der Waals surface area contributed by atoms with Crippen LogP contribution in [0.25, 0.3) is 0 Å². The molecular formula is C45H68IMgNO7. The average molecular weight is 892 g/mol. The Morgan fingerprint density at radius 2 is 1.15 bits per heavy atom. The monoisotopic (exact) mass is 891 g/mol. The van der Waals surface area contributed by atoms with Gasteiger partial charge in [0, 0.05) is 40.0 Å². The number of ketones is 1. The normalized spacial score (nSPS) is 20.4. The van der Waals surface area contributed by atoms with E-state index in [9.17, 15) is 9.59 Å². The van der Waals surface area contributed by atoms with Crippen LogP contribution >= 0.6 is 0 Å². The van der Waals surface area contributed by atoms with Crippen molar-refractivity contribution in [1.29, 1.82) is 0 Å². The number of ether oxygens (including phenoxy) is 4. The van der Waals surface area contributed by atoms with Gasteiger partial charge in [-0.2, -0.15) is 0 Å². The maximum Gasteiger partial charge on any atom is 2.00 e. The predicted molar refractivity (Wildman–Crippen MR) is 222 cm³/mol. The molecule has 0 heterocycles. The van der Waals surface area contributed by atoms with Gasteiger partial charge in [0.1, 0.15) is 28.8 Å². The van der Waals surface area contributed by atoms with Gasteiger partial charge >= 0.3 is 23.1 Å². The van der Waals surface area contributed by atoms with Crippen LogP contribution in [0.3, 0.4) is 0 Å². The number of nitrogens with zero attached hydrogens (tertiary/aromatic N) is 1. The number of hydrogen-bond acceptors (Lipinski definition) is 7. The maximum absolute atomic E-state index is 13.0. The van der Waals surface area contributed by atoms with Crippen molar-refractivity contribution >= 4 is 34.7 Å². The molecule has 8 nitrogen and oxygen atoms in total. The molecular weight excluding hydrogens is 818 g/mol. The first-order valence-corrected chi connectivity index (χ1v) is 18.9. The molecule has 0 bridgehead atoms. The summed E-state index contributed by atoms with van der Waals surface area (Å²) in [5.74, 6) is 0.903. The fourth-order valence-electron chi connectivity index (χ4n) is 7.49. The SMILES string of the molecule is CCCCCc1cc(OC)c([C@@H]2C=C(C)CC[C@H]2C(=O)N(C)OC)c(OC)c1.[2H]C([2H])([2H])C(=O)[C@@H]1CCC(C)=C[C@H]1c1c(OC)cc(CCCC)cc1OC.[2H][C-]([2H])[2H].[I-].[Mg+2]. The largest absolute Gasteiger partial charge is 2.00 e. The Morgan fingerprint density at radius 3 is 1.53 bits per heavy atom. The summed E-state index contributed by atoms with van der Waals surface area (Å²) in [5.41, 5.74) is 6.47. The zero-order valence-electron chi connectivity index (χ0n) is 40.9. The summed E-state index contributed by atoms with van der Waals surface area (Å²) in [6.45, 7) is 5.87. The van der Waals surface area contributed by atoms with Gasteiger partial charge < -0.3 is 50.3 Å². The van der Waals surface area contributed by atoms with Crippen LogP contribution in [0.2, 0.25) is 0 Å². The number of rotatable bonds is 16. The number of carbonyl (C=O) groups excluding carboxylic acids is 2. The van der Waals surface area contributed by atoms with E-state index in [1.54, 1.807) is 35.5 Å². The smallest absolute Gasteiger partial charge is 1.00 e. The van der Waals surface area contributed by atoms with Gasteiger partial charge in [0.2, 0.25) is 5.91 Å². The number of amides is 1. The quantitative estimate of drug-likeness (QED) is 0.0447. The number of Topliss-reactive ketones (excluding diaryl/α,β-unsaturated/α-hetero) is 1. The summed E-state index contributed by atoms with van der Waals surface area (Å²) in [6.07, 6.45) is 14.7. The molecule has 0 N–H and O–H groups in total. The van der Waals surface area contributed by atoms with E-state index in [1.165, 1.54) is 36.2 Å². The van der Waals surface area contributed by atoms with Crippen molar-refractivity contribution in [3.63, 3.8) is 0 Å². The summed E-state index contributed by atoms with van der Waals surface area (Å²) in [6, 6.07) is 8.18. The topological polar surface area (TPSA) is 83.5 Å². The van der Waals surface area contributed by atoms with Crippen molar-refractivity contribution < 1.29 is 65.6 Å². The summed E-state index contributed by atoms with van der Waals surface area (Å²) in [7, 11) is 8.92. The van der Waals surface area contributed by atoms with Crippen LogP contribution in [0.15, 0.2) is 47.6 Å². The minimum atomic E-state index is -2.61. The van der Waals surface area contributed by atoms with Crippen molar-refractivity contribution in [2.75, 3.05) is 42.6 Å². The van der Waals surface area contributed by atoms with Gasteiger partial charge in [0.15, 0.2) is 0 Å². The summed E-state index contributed by atoms with van der Waals surface area (Å²) >= 11 is 0. The van der Waals surface area contributed by atoms with Crippen LogP contribution in [0.4, 0.5) is 0 Å². The van der Waals surface area contributed by atoms with Crippen molar-refractivity contribution in [1.82, 2.24) is 5.06 Å². The van der Waals surface area contributed by atoms with E-state index in [0.29, 0.717) is 17.9 Å². The minimum absolute atomic E-state index is 0. The molecule has 55 heavy (non-hydrogen) atoms. The molecule has 0 saturated heterocycles. The van der Waals surface area contributed by atoms with Gasteiger partial charge in [-0.3, -0.25) is 14.4 Å². The number of allylic oxidation sites excluding steroid dienone is 4. The number of benzene rings is 2. The van der Waals surface area contributed by atoms with E-state index >= 15 is 0 Å². The van der Waals surface area contributed by atoms with Crippen LogP contribution in [-0.4, -0.2) is 82.4 Å². The summed E-state index contributed by atoms with van der Waals surface area (Å²) < 4.78 is 63.1. The zero-order chi connectivity index (χ0) is 44.4. The molecule has 304 valence electrons. The van der Waals surface area contributed by atoms with E-state index in [1.807, 2.05) is 25.1 Å². The molecule has 0 fully saturated rings. The van der Waals surface area contributed by atoms with Gasteiger partial charge in [-0.1, -0.05) is 56.4 Å². The van der Waals surface area contributed by atoms with Crippen LogP contribution < -0.4 is 42.9 Å². The number of halogens is 1. The zero-order valence-corrected chi connectivity index (χ0v) is 38.5. The van der Waals surface area contributed by atoms with Crippen molar-refractivity contribution in [2.24, 2.45) is 11.8 Å². The Balaban J connectivity index is 0.00000105. The molecule has 0 radical (unpaired) electrons.